The first-order valence-electron chi connectivity index (χ1n) is 6.05. The van der Waals surface area contributed by atoms with E-state index in [1.54, 1.807) is 7.11 Å². The van der Waals surface area contributed by atoms with Gasteiger partial charge in [0, 0.05) is 6.21 Å². The van der Waals surface area contributed by atoms with E-state index in [4.69, 9.17) is 16.3 Å². The molecule has 0 heterocycles. The third-order valence-electron chi connectivity index (χ3n) is 3.10. The summed E-state index contributed by atoms with van der Waals surface area (Å²) in [4.78, 5) is 4.51. The van der Waals surface area contributed by atoms with Crippen LogP contribution in [-0.2, 0) is 0 Å². The zero-order valence-electron chi connectivity index (χ0n) is 11.3. The van der Waals surface area contributed by atoms with Crippen molar-refractivity contribution in [2.24, 2.45) is 4.99 Å². The Kier molecular flexibility index (Phi) is 4.23. The molecule has 0 atom stereocenters. The van der Waals surface area contributed by atoms with Crippen LogP contribution in [0.5, 0.6) is 5.75 Å². The van der Waals surface area contributed by atoms with Gasteiger partial charge in [0.15, 0.2) is 0 Å². The number of aryl methyl sites for hydroxylation is 1. The molecule has 0 bridgehead atoms. The predicted octanol–water partition coefficient (Wildman–Crippen LogP) is 4.72. The molecule has 2 aromatic carbocycles. The molecule has 0 aliphatic carbocycles. The van der Waals surface area contributed by atoms with Crippen LogP contribution in [0.3, 0.4) is 0 Å². The van der Waals surface area contributed by atoms with Gasteiger partial charge in [-0.2, -0.15) is 0 Å². The van der Waals surface area contributed by atoms with Gasteiger partial charge in [0.25, 0.3) is 0 Å². The summed E-state index contributed by atoms with van der Waals surface area (Å²) in [6.45, 7) is 4.15. The summed E-state index contributed by atoms with van der Waals surface area (Å²) in [6.07, 6.45) is 1.81. The first kappa shape index (κ1) is 13.6. The molecule has 0 aromatic heterocycles. The van der Waals surface area contributed by atoms with Crippen LogP contribution in [0.25, 0.3) is 0 Å². The molecule has 0 saturated heterocycles. The Morgan fingerprint density at radius 2 is 1.95 bits per heavy atom. The maximum Gasteiger partial charge on any atom is 0.137 e. The number of hydrogen-bond donors (Lipinski definition) is 0. The van der Waals surface area contributed by atoms with Crippen LogP contribution in [0.2, 0.25) is 5.02 Å². The first-order chi connectivity index (χ1) is 9.11. The minimum atomic E-state index is 0.590. The van der Waals surface area contributed by atoms with Gasteiger partial charge < -0.3 is 4.74 Å². The third-order valence-corrected chi connectivity index (χ3v) is 3.40. The highest BCUT2D eigenvalue weighted by Gasteiger charge is 2.01. The summed E-state index contributed by atoms with van der Waals surface area (Å²) in [7, 11) is 1.60. The van der Waals surface area contributed by atoms with Gasteiger partial charge in [0.05, 0.1) is 17.8 Å². The molecule has 0 amide bonds. The van der Waals surface area contributed by atoms with Crippen molar-refractivity contribution in [2.45, 2.75) is 13.8 Å². The van der Waals surface area contributed by atoms with Crippen molar-refractivity contribution in [1.29, 1.82) is 0 Å². The maximum absolute atomic E-state index is 6.08. The molecule has 98 valence electrons. The summed E-state index contributed by atoms with van der Waals surface area (Å²) in [5.41, 5.74) is 4.36. The van der Waals surface area contributed by atoms with Crippen LogP contribution in [0.1, 0.15) is 16.7 Å². The van der Waals surface area contributed by atoms with Crippen molar-refractivity contribution in [2.75, 3.05) is 7.11 Å². The van der Waals surface area contributed by atoms with Crippen molar-refractivity contribution in [3.05, 3.63) is 58.1 Å². The van der Waals surface area contributed by atoms with Gasteiger partial charge in [-0.3, -0.25) is 4.99 Å². The SMILES string of the molecule is COc1ccc(C=Nc2cccc(C)c2C)cc1Cl. The van der Waals surface area contributed by atoms with E-state index in [9.17, 15) is 0 Å². The second kappa shape index (κ2) is 5.89. The van der Waals surface area contributed by atoms with Crippen LogP contribution >= 0.6 is 11.6 Å². The van der Waals surface area contributed by atoms with E-state index < -0.39 is 0 Å². The zero-order chi connectivity index (χ0) is 13.8. The van der Waals surface area contributed by atoms with Crippen molar-refractivity contribution in [1.82, 2.24) is 0 Å². The highest BCUT2D eigenvalue weighted by molar-refractivity contribution is 6.32. The van der Waals surface area contributed by atoms with Gasteiger partial charge in [0.1, 0.15) is 5.75 Å². The van der Waals surface area contributed by atoms with Gasteiger partial charge in [-0.15, -0.1) is 0 Å². The molecule has 2 rings (SSSR count). The summed E-state index contributed by atoms with van der Waals surface area (Å²) in [5.74, 6) is 0.672. The van der Waals surface area contributed by atoms with Gasteiger partial charge >= 0.3 is 0 Å². The highest BCUT2D eigenvalue weighted by Crippen LogP contribution is 2.25. The average molecular weight is 274 g/mol. The van der Waals surface area contributed by atoms with Gasteiger partial charge in [-0.05, 0) is 54.8 Å². The molecule has 2 aromatic rings. The number of hydrogen-bond acceptors (Lipinski definition) is 2. The fourth-order valence-electron chi connectivity index (χ4n) is 1.78. The smallest absolute Gasteiger partial charge is 0.137 e. The molecule has 0 fully saturated rings. The van der Waals surface area contributed by atoms with Crippen molar-refractivity contribution in [3.8, 4) is 5.75 Å². The van der Waals surface area contributed by atoms with Crippen molar-refractivity contribution < 1.29 is 4.74 Å². The lowest BCUT2D eigenvalue weighted by molar-refractivity contribution is 0.415. The van der Waals surface area contributed by atoms with Crippen molar-refractivity contribution in [3.63, 3.8) is 0 Å². The van der Waals surface area contributed by atoms with Gasteiger partial charge in [0.2, 0.25) is 0 Å². The van der Waals surface area contributed by atoms with E-state index in [0.29, 0.717) is 10.8 Å². The maximum atomic E-state index is 6.08. The molecular formula is C16H16ClNO. The van der Waals surface area contributed by atoms with E-state index >= 15 is 0 Å². The third kappa shape index (κ3) is 3.15. The topological polar surface area (TPSA) is 21.6 Å². The van der Waals surface area contributed by atoms with Crippen LogP contribution in [0.4, 0.5) is 5.69 Å². The highest BCUT2D eigenvalue weighted by atomic mass is 35.5. The minimum Gasteiger partial charge on any atom is -0.495 e. The van der Waals surface area contributed by atoms with Crippen molar-refractivity contribution >= 4 is 23.5 Å². The molecule has 19 heavy (non-hydrogen) atoms. The number of halogens is 1. The summed E-state index contributed by atoms with van der Waals surface area (Å²) < 4.78 is 5.12. The minimum absolute atomic E-state index is 0.590. The molecule has 0 radical (unpaired) electrons. The number of benzene rings is 2. The number of methoxy groups -OCH3 is 1. The second-order valence-electron chi connectivity index (χ2n) is 4.37. The van der Waals surface area contributed by atoms with Crippen LogP contribution < -0.4 is 4.74 Å². The normalized spacial score (nSPS) is 10.9. The van der Waals surface area contributed by atoms with E-state index in [0.717, 1.165) is 11.3 Å². The van der Waals surface area contributed by atoms with E-state index in [1.165, 1.54) is 11.1 Å². The Morgan fingerprint density at radius 1 is 1.16 bits per heavy atom. The fourth-order valence-corrected chi connectivity index (χ4v) is 2.05. The first-order valence-corrected chi connectivity index (χ1v) is 6.43. The van der Waals surface area contributed by atoms with Crippen LogP contribution in [0, 0.1) is 13.8 Å². The number of rotatable bonds is 3. The molecule has 0 N–H and O–H groups in total. The van der Waals surface area contributed by atoms with Crippen LogP contribution in [0.15, 0.2) is 41.4 Å². The molecule has 3 heteroatoms. The Balaban J connectivity index is 2.28. The van der Waals surface area contributed by atoms with Gasteiger partial charge in [-0.1, -0.05) is 23.7 Å². The molecular weight excluding hydrogens is 258 g/mol. The lowest BCUT2D eigenvalue weighted by Crippen LogP contribution is -1.87. The molecule has 0 saturated carbocycles. The monoisotopic (exact) mass is 273 g/mol. The lowest BCUT2D eigenvalue weighted by atomic mass is 10.1. The molecule has 0 unspecified atom stereocenters. The van der Waals surface area contributed by atoms with E-state index in [-0.39, 0.29) is 0 Å². The number of nitrogens with zero attached hydrogens (tertiary/aromatic N) is 1. The fraction of sp³-hybridized carbons (Fsp3) is 0.188. The van der Waals surface area contributed by atoms with Crippen LogP contribution in [-0.4, -0.2) is 13.3 Å². The van der Waals surface area contributed by atoms with E-state index in [2.05, 4.69) is 24.9 Å². The number of aliphatic imine (C=N–C) groups is 1. The molecule has 2 nitrogen and oxygen atoms in total. The number of ether oxygens (including phenoxy) is 1. The Bertz CT molecular complexity index is 620. The molecule has 0 spiro atoms. The Labute approximate surface area is 118 Å². The largest absolute Gasteiger partial charge is 0.495 e. The average Bonchev–Trinajstić information content (AvgIpc) is 2.40. The summed E-state index contributed by atoms with van der Waals surface area (Å²) in [5, 5.41) is 0.590. The second-order valence-corrected chi connectivity index (χ2v) is 4.78. The van der Waals surface area contributed by atoms with E-state index in [1.807, 2.05) is 36.5 Å². The zero-order valence-corrected chi connectivity index (χ0v) is 12.0. The summed E-state index contributed by atoms with van der Waals surface area (Å²) in [6, 6.07) is 11.7. The lowest BCUT2D eigenvalue weighted by Gasteiger charge is -2.04. The standard InChI is InChI=1S/C16H16ClNO/c1-11-5-4-6-15(12(11)2)18-10-13-7-8-16(19-3)14(17)9-13/h4-10H,1-3H3. The van der Waals surface area contributed by atoms with Gasteiger partial charge in [-0.25, -0.2) is 0 Å². The molecule has 0 aliphatic rings. The Morgan fingerprint density at radius 3 is 2.63 bits per heavy atom. The quantitative estimate of drug-likeness (QED) is 0.742. The molecule has 0 aliphatic heterocycles. The Hall–Kier alpha value is -1.80. The predicted molar refractivity (Wildman–Crippen MR) is 81.2 cm³/mol. The summed E-state index contributed by atoms with van der Waals surface area (Å²) >= 11 is 6.08.